The summed E-state index contributed by atoms with van der Waals surface area (Å²) >= 11 is 0. The Hall–Kier alpha value is -0.0800. The molecular formula is C19H41NO. The zero-order valence-corrected chi connectivity index (χ0v) is 15.2. The van der Waals surface area contributed by atoms with Crippen molar-refractivity contribution in [1.82, 2.24) is 5.32 Å². The second kappa shape index (κ2) is 13.6. The molecule has 2 heteroatoms. The Bertz CT molecular complexity index is 214. The summed E-state index contributed by atoms with van der Waals surface area (Å²) in [5, 5.41) is 13.6. The molecule has 0 spiro atoms. The summed E-state index contributed by atoms with van der Waals surface area (Å²) in [5.74, 6) is 0.555. The molecule has 0 aliphatic heterocycles. The van der Waals surface area contributed by atoms with Gasteiger partial charge in [-0.15, -0.1) is 0 Å². The second-order valence-electron chi connectivity index (χ2n) is 7.45. The number of unbranched alkanes of at least 4 members (excludes halogenated alkanes) is 9. The SMILES string of the molecule is CCCCCCCCCCCCNCC(C)(O)CC(C)C. The normalized spacial score (nSPS) is 14.6. The minimum Gasteiger partial charge on any atom is -0.389 e. The Labute approximate surface area is 134 Å². The first-order valence-corrected chi connectivity index (χ1v) is 9.41. The molecule has 0 aliphatic rings. The first-order chi connectivity index (χ1) is 9.98. The lowest BCUT2D eigenvalue weighted by Gasteiger charge is -2.25. The monoisotopic (exact) mass is 299 g/mol. The van der Waals surface area contributed by atoms with E-state index in [0.717, 1.165) is 19.5 Å². The Morgan fingerprint density at radius 2 is 1.33 bits per heavy atom. The topological polar surface area (TPSA) is 32.3 Å². The van der Waals surface area contributed by atoms with E-state index < -0.39 is 5.60 Å². The summed E-state index contributed by atoms with van der Waals surface area (Å²) < 4.78 is 0. The highest BCUT2D eigenvalue weighted by molar-refractivity contribution is 4.76. The highest BCUT2D eigenvalue weighted by atomic mass is 16.3. The van der Waals surface area contributed by atoms with E-state index >= 15 is 0 Å². The molecule has 0 radical (unpaired) electrons. The zero-order valence-electron chi connectivity index (χ0n) is 15.2. The largest absolute Gasteiger partial charge is 0.389 e. The van der Waals surface area contributed by atoms with Crippen molar-refractivity contribution in [1.29, 1.82) is 0 Å². The van der Waals surface area contributed by atoms with Gasteiger partial charge in [0.2, 0.25) is 0 Å². The molecule has 1 atom stereocenters. The Morgan fingerprint density at radius 1 is 0.857 bits per heavy atom. The van der Waals surface area contributed by atoms with Gasteiger partial charge in [0, 0.05) is 6.54 Å². The zero-order chi connectivity index (χ0) is 16.0. The Kier molecular flexibility index (Phi) is 13.5. The predicted octanol–water partition coefficient (Wildman–Crippen LogP) is 5.29. The summed E-state index contributed by atoms with van der Waals surface area (Å²) in [6, 6.07) is 0. The van der Waals surface area contributed by atoms with Gasteiger partial charge in [-0.1, -0.05) is 78.6 Å². The minimum absolute atomic E-state index is 0.549. The highest BCUT2D eigenvalue weighted by Gasteiger charge is 2.20. The van der Waals surface area contributed by atoms with E-state index in [1.165, 1.54) is 64.2 Å². The van der Waals surface area contributed by atoms with Crippen molar-refractivity contribution < 1.29 is 5.11 Å². The van der Waals surface area contributed by atoms with Crippen molar-refractivity contribution in [2.24, 2.45) is 5.92 Å². The summed E-state index contributed by atoms with van der Waals surface area (Å²) in [6.07, 6.45) is 14.7. The van der Waals surface area contributed by atoms with Crippen LogP contribution in [0, 0.1) is 5.92 Å². The Morgan fingerprint density at radius 3 is 1.81 bits per heavy atom. The smallest absolute Gasteiger partial charge is 0.0746 e. The van der Waals surface area contributed by atoms with Crippen LogP contribution in [0.2, 0.25) is 0 Å². The van der Waals surface area contributed by atoms with Crippen LogP contribution < -0.4 is 5.32 Å². The fourth-order valence-corrected chi connectivity index (χ4v) is 3.05. The first kappa shape index (κ1) is 20.9. The van der Waals surface area contributed by atoms with Gasteiger partial charge in [-0.2, -0.15) is 0 Å². The van der Waals surface area contributed by atoms with Gasteiger partial charge in [0.05, 0.1) is 5.60 Å². The fraction of sp³-hybridized carbons (Fsp3) is 1.00. The molecule has 0 aromatic rings. The van der Waals surface area contributed by atoms with E-state index in [9.17, 15) is 5.11 Å². The highest BCUT2D eigenvalue weighted by Crippen LogP contribution is 2.15. The lowest BCUT2D eigenvalue weighted by Crippen LogP contribution is -2.39. The van der Waals surface area contributed by atoms with Crippen LogP contribution >= 0.6 is 0 Å². The third-order valence-corrected chi connectivity index (χ3v) is 4.06. The molecular weight excluding hydrogens is 258 g/mol. The van der Waals surface area contributed by atoms with Crippen LogP contribution in [-0.2, 0) is 0 Å². The van der Waals surface area contributed by atoms with Gasteiger partial charge >= 0.3 is 0 Å². The molecule has 2 N–H and O–H groups in total. The van der Waals surface area contributed by atoms with Crippen LogP contribution in [-0.4, -0.2) is 23.8 Å². The van der Waals surface area contributed by atoms with Crippen LogP contribution in [0.15, 0.2) is 0 Å². The maximum atomic E-state index is 10.2. The van der Waals surface area contributed by atoms with Gasteiger partial charge in [-0.3, -0.25) is 0 Å². The van der Waals surface area contributed by atoms with Crippen LogP contribution in [0.3, 0.4) is 0 Å². The number of nitrogens with one attached hydrogen (secondary N) is 1. The summed E-state index contributed by atoms with van der Waals surface area (Å²) in [4.78, 5) is 0. The first-order valence-electron chi connectivity index (χ1n) is 9.41. The molecule has 0 aromatic heterocycles. The van der Waals surface area contributed by atoms with Crippen molar-refractivity contribution in [3.05, 3.63) is 0 Å². The maximum absolute atomic E-state index is 10.2. The van der Waals surface area contributed by atoms with Gasteiger partial charge in [0.1, 0.15) is 0 Å². The van der Waals surface area contributed by atoms with Crippen molar-refractivity contribution in [2.75, 3.05) is 13.1 Å². The average molecular weight is 300 g/mol. The van der Waals surface area contributed by atoms with E-state index in [1.807, 2.05) is 6.92 Å². The van der Waals surface area contributed by atoms with E-state index in [2.05, 4.69) is 26.1 Å². The van der Waals surface area contributed by atoms with Crippen LogP contribution in [0.4, 0.5) is 0 Å². The Balaban J connectivity index is 3.22. The molecule has 0 aromatic carbocycles. The minimum atomic E-state index is -0.549. The molecule has 0 aliphatic carbocycles. The van der Waals surface area contributed by atoms with Gasteiger partial charge in [-0.25, -0.2) is 0 Å². The van der Waals surface area contributed by atoms with Crippen molar-refractivity contribution >= 4 is 0 Å². The molecule has 0 saturated heterocycles. The van der Waals surface area contributed by atoms with Crippen LogP contribution in [0.5, 0.6) is 0 Å². The molecule has 1 unspecified atom stereocenters. The van der Waals surface area contributed by atoms with E-state index in [0.29, 0.717) is 5.92 Å². The second-order valence-corrected chi connectivity index (χ2v) is 7.45. The quantitative estimate of drug-likeness (QED) is 0.402. The van der Waals surface area contributed by atoms with Crippen molar-refractivity contribution in [2.45, 2.75) is 104 Å². The van der Waals surface area contributed by atoms with E-state index in [4.69, 9.17) is 0 Å². The number of rotatable bonds is 15. The molecule has 2 nitrogen and oxygen atoms in total. The molecule has 21 heavy (non-hydrogen) atoms. The summed E-state index contributed by atoms with van der Waals surface area (Å²) in [6.45, 7) is 10.3. The molecule has 0 fully saturated rings. The third-order valence-electron chi connectivity index (χ3n) is 4.06. The lowest BCUT2D eigenvalue weighted by molar-refractivity contribution is 0.0387. The molecule has 0 bridgehead atoms. The van der Waals surface area contributed by atoms with Gasteiger partial charge in [0.25, 0.3) is 0 Å². The maximum Gasteiger partial charge on any atom is 0.0746 e. The van der Waals surface area contributed by atoms with Crippen LogP contribution in [0.1, 0.15) is 98.3 Å². The fourth-order valence-electron chi connectivity index (χ4n) is 3.05. The third kappa shape index (κ3) is 16.1. The molecule has 0 amide bonds. The summed E-state index contributed by atoms with van der Waals surface area (Å²) in [5.41, 5.74) is -0.549. The average Bonchev–Trinajstić information content (AvgIpc) is 2.38. The predicted molar refractivity (Wildman–Crippen MR) is 94.8 cm³/mol. The molecule has 0 rings (SSSR count). The lowest BCUT2D eigenvalue weighted by atomic mass is 9.94. The molecule has 128 valence electrons. The van der Waals surface area contributed by atoms with Crippen LogP contribution in [0.25, 0.3) is 0 Å². The van der Waals surface area contributed by atoms with Gasteiger partial charge in [-0.05, 0) is 32.2 Å². The van der Waals surface area contributed by atoms with E-state index in [1.54, 1.807) is 0 Å². The van der Waals surface area contributed by atoms with Crippen molar-refractivity contribution in [3.63, 3.8) is 0 Å². The van der Waals surface area contributed by atoms with Crippen molar-refractivity contribution in [3.8, 4) is 0 Å². The van der Waals surface area contributed by atoms with Gasteiger partial charge in [0.15, 0.2) is 0 Å². The number of aliphatic hydroxyl groups is 1. The number of hydrogen-bond acceptors (Lipinski definition) is 2. The number of hydrogen-bond donors (Lipinski definition) is 2. The molecule has 0 saturated carbocycles. The van der Waals surface area contributed by atoms with E-state index in [-0.39, 0.29) is 0 Å². The van der Waals surface area contributed by atoms with Gasteiger partial charge < -0.3 is 10.4 Å². The summed E-state index contributed by atoms with van der Waals surface area (Å²) in [7, 11) is 0. The molecule has 0 heterocycles. The standard InChI is InChI=1S/C19H41NO/c1-5-6-7-8-9-10-11-12-13-14-15-20-17-19(4,21)16-18(2)3/h18,20-21H,5-17H2,1-4H3.